The Morgan fingerprint density at radius 1 is 1.25 bits per heavy atom. The molecular weight excluding hydrogens is 357 g/mol. The summed E-state index contributed by atoms with van der Waals surface area (Å²) < 4.78 is 19.1. The second kappa shape index (κ2) is 9.69. The maximum absolute atomic E-state index is 13.7. The van der Waals surface area contributed by atoms with Gasteiger partial charge in [0.2, 0.25) is 0 Å². The maximum Gasteiger partial charge on any atom is 0.307 e. The summed E-state index contributed by atoms with van der Waals surface area (Å²) in [5, 5.41) is 9.24. The number of halogens is 1. The van der Waals surface area contributed by atoms with E-state index in [1.807, 2.05) is 30.3 Å². The standard InChI is InChI=1S/C23H27FNO3/c1-28-22-8-7-20(24)15-21(22)19-9-11-25(12-10-19)16-18(14-23(26)27)13-17-5-3-2-4-6-17/h2-8,14-15,18-19H,9-13,16H2,1H3,(H,26,27)/t18-/m0/s1. The fraction of sp³-hybridized carbons (Fsp3) is 0.391. The highest BCUT2D eigenvalue weighted by Gasteiger charge is 2.26. The van der Waals surface area contributed by atoms with Gasteiger partial charge in [0, 0.05) is 12.1 Å². The molecule has 1 N–H and O–H groups in total. The Balaban J connectivity index is 1.60. The number of hydrogen-bond acceptors (Lipinski definition) is 3. The summed E-state index contributed by atoms with van der Waals surface area (Å²) in [6, 6.07) is 14.7. The van der Waals surface area contributed by atoms with Gasteiger partial charge in [0.15, 0.2) is 0 Å². The largest absolute Gasteiger partial charge is 0.496 e. The first kappa shape index (κ1) is 20.3. The number of aliphatic carboxylic acids is 1. The van der Waals surface area contributed by atoms with Crippen LogP contribution in [0.4, 0.5) is 4.39 Å². The van der Waals surface area contributed by atoms with Crippen molar-refractivity contribution < 1.29 is 19.0 Å². The number of ether oxygens (including phenoxy) is 1. The fourth-order valence-electron chi connectivity index (χ4n) is 4.08. The van der Waals surface area contributed by atoms with Crippen LogP contribution in [0.25, 0.3) is 0 Å². The summed E-state index contributed by atoms with van der Waals surface area (Å²) >= 11 is 0. The SMILES string of the molecule is COc1ccc(F)cc1C1CCN(C[C@H]([CH]C(=O)O)Cc2ccccc2)CC1. The zero-order chi connectivity index (χ0) is 19.9. The molecule has 1 saturated heterocycles. The summed E-state index contributed by atoms with van der Waals surface area (Å²) in [4.78, 5) is 13.6. The number of rotatable bonds is 8. The lowest BCUT2D eigenvalue weighted by molar-refractivity contribution is -0.133. The van der Waals surface area contributed by atoms with Crippen molar-refractivity contribution in [2.75, 3.05) is 26.7 Å². The Hall–Kier alpha value is -2.40. The molecule has 0 amide bonds. The lowest BCUT2D eigenvalue weighted by Gasteiger charge is -2.34. The minimum absolute atomic E-state index is 0.0415. The molecule has 1 atom stereocenters. The quantitative estimate of drug-likeness (QED) is 0.742. The topological polar surface area (TPSA) is 49.8 Å². The molecule has 28 heavy (non-hydrogen) atoms. The Labute approximate surface area is 165 Å². The number of hydrogen-bond donors (Lipinski definition) is 1. The van der Waals surface area contributed by atoms with Gasteiger partial charge in [-0.15, -0.1) is 0 Å². The van der Waals surface area contributed by atoms with Crippen LogP contribution in [0, 0.1) is 18.2 Å². The smallest absolute Gasteiger partial charge is 0.307 e. The highest BCUT2D eigenvalue weighted by molar-refractivity contribution is 5.77. The molecular formula is C23H27FNO3. The first-order valence-electron chi connectivity index (χ1n) is 9.72. The molecule has 0 spiro atoms. The molecule has 3 rings (SSSR count). The van der Waals surface area contributed by atoms with Crippen molar-refractivity contribution in [3.05, 3.63) is 71.9 Å². The number of methoxy groups -OCH3 is 1. The van der Waals surface area contributed by atoms with E-state index in [9.17, 15) is 14.3 Å². The van der Waals surface area contributed by atoms with Gasteiger partial charge in [-0.3, -0.25) is 4.79 Å². The number of carboxylic acids is 1. The molecule has 0 saturated carbocycles. The van der Waals surface area contributed by atoms with Crippen molar-refractivity contribution in [2.24, 2.45) is 5.92 Å². The molecule has 0 bridgehead atoms. The predicted octanol–water partition coefficient (Wildman–Crippen LogP) is 4.16. The molecule has 5 heteroatoms. The predicted molar refractivity (Wildman–Crippen MR) is 107 cm³/mol. The van der Waals surface area contributed by atoms with Crippen LogP contribution in [-0.4, -0.2) is 42.7 Å². The first-order valence-corrected chi connectivity index (χ1v) is 9.72. The van der Waals surface area contributed by atoms with Crippen LogP contribution < -0.4 is 4.74 Å². The Morgan fingerprint density at radius 2 is 1.96 bits per heavy atom. The van der Waals surface area contributed by atoms with Crippen molar-refractivity contribution >= 4 is 5.97 Å². The molecule has 2 aromatic rings. The van der Waals surface area contributed by atoms with Crippen LogP contribution in [-0.2, 0) is 11.2 Å². The van der Waals surface area contributed by atoms with Crippen molar-refractivity contribution in [2.45, 2.75) is 25.2 Å². The van der Waals surface area contributed by atoms with Crippen molar-refractivity contribution in [3.63, 3.8) is 0 Å². The lowest BCUT2D eigenvalue weighted by atomic mass is 9.87. The van der Waals surface area contributed by atoms with Crippen molar-refractivity contribution in [1.29, 1.82) is 0 Å². The third kappa shape index (κ3) is 5.55. The first-order chi connectivity index (χ1) is 13.5. The second-order valence-electron chi connectivity index (χ2n) is 7.42. The third-order valence-corrected chi connectivity index (χ3v) is 5.43. The molecule has 2 aromatic carbocycles. The van der Waals surface area contributed by atoms with E-state index in [0.717, 1.165) is 42.8 Å². The van der Waals surface area contributed by atoms with Gasteiger partial charge in [0.1, 0.15) is 11.6 Å². The summed E-state index contributed by atoms with van der Waals surface area (Å²) in [5.41, 5.74) is 2.07. The van der Waals surface area contributed by atoms with E-state index in [1.54, 1.807) is 19.2 Å². The van der Waals surface area contributed by atoms with Gasteiger partial charge in [-0.05, 0) is 68.0 Å². The zero-order valence-electron chi connectivity index (χ0n) is 16.2. The molecule has 1 heterocycles. The monoisotopic (exact) mass is 384 g/mol. The molecule has 149 valence electrons. The van der Waals surface area contributed by atoms with Gasteiger partial charge in [-0.1, -0.05) is 30.3 Å². The molecule has 0 unspecified atom stereocenters. The van der Waals surface area contributed by atoms with E-state index in [-0.39, 0.29) is 17.7 Å². The van der Waals surface area contributed by atoms with E-state index >= 15 is 0 Å². The highest BCUT2D eigenvalue weighted by Crippen LogP contribution is 2.35. The van der Waals surface area contributed by atoms with E-state index in [0.29, 0.717) is 13.0 Å². The minimum atomic E-state index is -0.875. The molecule has 1 aliphatic rings. The molecule has 1 radical (unpaired) electrons. The number of carboxylic acid groups (broad SMARTS) is 1. The van der Waals surface area contributed by atoms with Gasteiger partial charge in [-0.2, -0.15) is 0 Å². The Morgan fingerprint density at radius 3 is 2.61 bits per heavy atom. The van der Waals surface area contributed by atoms with Crippen LogP contribution >= 0.6 is 0 Å². The zero-order valence-corrected chi connectivity index (χ0v) is 16.2. The normalized spacial score (nSPS) is 16.6. The average Bonchev–Trinajstić information content (AvgIpc) is 2.69. The molecule has 1 aliphatic heterocycles. The maximum atomic E-state index is 13.7. The molecule has 4 nitrogen and oxygen atoms in total. The van der Waals surface area contributed by atoms with Crippen LogP contribution in [0.2, 0.25) is 0 Å². The van der Waals surface area contributed by atoms with E-state index < -0.39 is 5.97 Å². The van der Waals surface area contributed by atoms with Crippen molar-refractivity contribution in [1.82, 2.24) is 4.90 Å². The summed E-state index contributed by atoms with van der Waals surface area (Å²) in [5.74, 6) is -0.156. The molecule has 0 aromatic heterocycles. The number of carbonyl (C=O) groups is 1. The van der Waals surface area contributed by atoms with Crippen LogP contribution in [0.1, 0.15) is 29.9 Å². The van der Waals surface area contributed by atoms with Gasteiger partial charge in [0.25, 0.3) is 0 Å². The van der Waals surface area contributed by atoms with Crippen LogP contribution in [0.3, 0.4) is 0 Å². The molecule has 0 aliphatic carbocycles. The molecule has 1 fully saturated rings. The van der Waals surface area contributed by atoms with Gasteiger partial charge in [0.05, 0.1) is 13.5 Å². The number of likely N-dealkylation sites (tertiary alicyclic amines) is 1. The highest BCUT2D eigenvalue weighted by atomic mass is 19.1. The summed E-state index contributed by atoms with van der Waals surface area (Å²) in [6.07, 6.45) is 3.94. The Bertz CT molecular complexity index is 773. The number of piperidine rings is 1. The van der Waals surface area contributed by atoms with Crippen LogP contribution in [0.15, 0.2) is 48.5 Å². The van der Waals surface area contributed by atoms with Crippen LogP contribution in [0.5, 0.6) is 5.75 Å². The minimum Gasteiger partial charge on any atom is -0.496 e. The third-order valence-electron chi connectivity index (χ3n) is 5.43. The van der Waals surface area contributed by atoms with Gasteiger partial charge >= 0.3 is 5.97 Å². The second-order valence-corrected chi connectivity index (χ2v) is 7.42. The van der Waals surface area contributed by atoms with E-state index in [4.69, 9.17) is 4.74 Å². The lowest BCUT2D eigenvalue weighted by Crippen LogP contribution is -2.38. The Kier molecular flexibility index (Phi) is 7.04. The number of nitrogens with zero attached hydrogens (tertiary/aromatic N) is 1. The van der Waals surface area contributed by atoms with E-state index in [2.05, 4.69) is 4.90 Å². The summed E-state index contributed by atoms with van der Waals surface area (Å²) in [7, 11) is 1.61. The number of benzene rings is 2. The van der Waals surface area contributed by atoms with Gasteiger partial charge in [-0.25, -0.2) is 4.39 Å². The average molecular weight is 384 g/mol. The van der Waals surface area contributed by atoms with E-state index in [1.165, 1.54) is 12.5 Å². The van der Waals surface area contributed by atoms with Crippen molar-refractivity contribution in [3.8, 4) is 5.75 Å². The fourth-order valence-corrected chi connectivity index (χ4v) is 4.08. The summed E-state index contributed by atoms with van der Waals surface area (Å²) in [6.45, 7) is 2.44. The van der Waals surface area contributed by atoms with Gasteiger partial charge < -0.3 is 14.7 Å².